The van der Waals surface area contributed by atoms with E-state index in [1.165, 1.54) is 0 Å². The first kappa shape index (κ1) is 17.3. The average Bonchev–Trinajstić information content (AvgIpc) is 2.67. The van der Waals surface area contributed by atoms with Crippen molar-refractivity contribution in [3.63, 3.8) is 0 Å². The van der Waals surface area contributed by atoms with E-state index in [0.717, 1.165) is 27.0 Å². The minimum absolute atomic E-state index is 0.567. The van der Waals surface area contributed by atoms with Crippen molar-refractivity contribution in [3.05, 3.63) is 59.1 Å². The number of rotatable bonds is 5. The van der Waals surface area contributed by atoms with Gasteiger partial charge in [0, 0.05) is 15.6 Å². The number of ether oxygens (including phenoxy) is 3. The zero-order valence-electron chi connectivity index (χ0n) is 14.2. The third-order valence-electron chi connectivity index (χ3n) is 3.85. The lowest BCUT2D eigenvalue weighted by Gasteiger charge is -2.14. The van der Waals surface area contributed by atoms with Gasteiger partial charge >= 0.3 is 0 Å². The van der Waals surface area contributed by atoms with Gasteiger partial charge in [-0.15, -0.1) is 0 Å². The lowest BCUT2D eigenvalue weighted by atomic mass is 10.1. The van der Waals surface area contributed by atoms with E-state index in [2.05, 4.69) is 15.9 Å². The zero-order chi connectivity index (χ0) is 17.8. The van der Waals surface area contributed by atoms with E-state index in [0.29, 0.717) is 17.2 Å². The molecule has 0 aliphatic carbocycles. The smallest absolute Gasteiger partial charge is 0.203 e. The molecule has 0 atom stereocenters. The fourth-order valence-electron chi connectivity index (χ4n) is 2.61. The lowest BCUT2D eigenvalue weighted by molar-refractivity contribution is 0.324. The summed E-state index contributed by atoms with van der Waals surface area (Å²) < 4.78 is 17.3. The summed E-state index contributed by atoms with van der Waals surface area (Å²) in [5.41, 5.74) is 3.68. The summed E-state index contributed by atoms with van der Waals surface area (Å²) in [4.78, 5) is 4.78. The Morgan fingerprint density at radius 1 is 0.720 bits per heavy atom. The van der Waals surface area contributed by atoms with Gasteiger partial charge in [-0.25, -0.2) is 4.98 Å². The van der Waals surface area contributed by atoms with E-state index < -0.39 is 0 Å². The normalized spacial score (nSPS) is 10.4. The van der Waals surface area contributed by atoms with Crippen LogP contribution in [0.1, 0.15) is 0 Å². The highest BCUT2D eigenvalue weighted by molar-refractivity contribution is 9.10. The van der Waals surface area contributed by atoms with Crippen LogP contribution >= 0.6 is 15.9 Å². The molecular formula is C20H18BrNO3. The van der Waals surface area contributed by atoms with Crippen molar-refractivity contribution in [1.82, 2.24) is 4.98 Å². The van der Waals surface area contributed by atoms with Gasteiger partial charge in [0.2, 0.25) is 5.75 Å². The van der Waals surface area contributed by atoms with Gasteiger partial charge in [-0.2, -0.15) is 0 Å². The summed E-state index contributed by atoms with van der Waals surface area (Å²) in [5.74, 6) is 1.78. The van der Waals surface area contributed by atoms with Gasteiger partial charge in [0.1, 0.15) is 0 Å². The van der Waals surface area contributed by atoms with Gasteiger partial charge in [-0.1, -0.05) is 34.1 Å². The summed E-state index contributed by atoms with van der Waals surface area (Å²) in [6.45, 7) is 0. The molecule has 0 saturated heterocycles. The molecule has 0 unspecified atom stereocenters. The Kier molecular flexibility index (Phi) is 5.24. The number of halogens is 1. The van der Waals surface area contributed by atoms with E-state index in [-0.39, 0.29) is 0 Å². The largest absolute Gasteiger partial charge is 0.493 e. The molecule has 1 aromatic heterocycles. The molecule has 2 aromatic carbocycles. The van der Waals surface area contributed by atoms with Gasteiger partial charge in [0.05, 0.1) is 32.7 Å². The fraction of sp³-hybridized carbons (Fsp3) is 0.150. The highest BCUT2D eigenvalue weighted by atomic mass is 79.9. The Bertz CT molecular complexity index is 853. The molecule has 25 heavy (non-hydrogen) atoms. The predicted octanol–water partition coefficient (Wildman–Crippen LogP) is 5.20. The van der Waals surface area contributed by atoms with Gasteiger partial charge in [0.25, 0.3) is 0 Å². The van der Waals surface area contributed by atoms with Crippen LogP contribution < -0.4 is 14.2 Å². The molecule has 0 bridgehead atoms. The number of methoxy groups -OCH3 is 3. The molecule has 0 spiro atoms. The van der Waals surface area contributed by atoms with Crippen LogP contribution in [0, 0.1) is 0 Å². The van der Waals surface area contributed by atoms with E-state index in [4.69, 9.17) is 19.2 Å². The number of benzene rings is 2. The van der Waals surface area contributed by atoms with E-state index in [9.17, 15) is 0 Å². The van der Waals surface area contributed by atoms with Crippen molar-refractivity contribution >= 4 is 15.9 Å². The van der Waals surface area contributed by atoms with E-state index in [1.807, 2.05) is 54.6 Å². The topological polar surface area (TPSA) is 40.6 Å². The van der Waals surface area contributed by atoms with Gasteiger partial charge < -0.3 is 14.2 Å². The molecule has 3 aromatic rings. The SMILES string of the molecule is COc1cc(-c2cccc(-c3ccc(Br)cc3)n2)cc(OC)c1OC. The van der Waals surface area contributed by atoms with Gasteiger partial charge in [0.15, 0.2) is 11.5 Å². The van der Waals surface area contributed by atoms with Crippen LogP contribution in [0.15, 0.2) is 59.1 Å². The van der Waals surface area contributed by atoms with Crippen LogP contribution in [0.25, 0.3) is 22.5 Å². The number of aromatic nitrogens is 1. The molecule has 0 aliphatic heterocycles. The van der Waals surface area contributed by atoms with Crippen molar-refractivity contribution in [3.8, 4) is 39.8 Å². The number of pyridine rings is 1. The minimum atomic E-state index is 0.567. The second kappa shape index (κ2) is 7.57. The van der Waals surface area contributed by atoms with Crippen LogP contribution in [-0.2, 0) is 0 Å². The summed E-state index contributed by atoms with van der Waals surface area (Å²) in [7, 11) is 4.80. The number of nitrogens with zero attached hydrogens (tertiary/aromatic N) is 1. The van der Waals surface area contributed by atoms with Crippen molar-refractivity contribution in [2.24, 2.45) is 0 Å². The summed E-state index contributed by atoms with van der Waals surface area (Å²) in [5, 5.41) is 0. The third-order valence-corrected chi connectivity index (χ3v) is 4.38. The monoisotopic (exact) mass is 399 g/mol. The summed E-state index contributed by atoms with van der Waals surface area (Å²) in [6, 6.07) is 17.8. The number of hydrogen-bond acceptors (Lipinski definition) is 4. The highest BCUT2D eigenvalue weighted by Gasteiger charge is 2.15. The molecule has 0 aliphatic rings. The molecule has 0 radical (unpaired) electrons. The molecule has 1 heterocycles. The van der Waals surface area contributed by atoms with Gasteiger partial charge in [-0.05, 0) is 36.4 Å². The van der Waals surface area contributed by atoms with E-state index in [1.54, 1.807) is 21.3 Å². The summed E-state index contributed by atoms with van der Waals surface area (Å²) >= 11 is 3.45. The maximum Gasteiger partial charge on any atom is 0.203 e. The Balaban J connectivity index is 2.08. The average molecular weight is 400 g/mol. The van der Waals surface area contributed by atoms with Crippen LogP contribution in [-0.4, -0.2) is 26.3 Å². The van der Waals surface area contributed by atoms with Crippen LogP contribution in [0.5, 0.6) is 17.2 Å². The summed E-state index contributed by atoms with van der Waals surface area (Å²) in [6.07, 6.45) is 0. The minimum Gasteiger partial charge on any atom is -0.493 e. The first-order valence-electron chi connectivity index (χ1n) is 7.69. The molecular weight excluding hydrogens is 382 g/mol. The Hall–Kier alpha value is -2.53. The van der Waals surface area contributed by atoms with Crippen molar-refractivity contribution < 1.29 is 14.2 Å². The van der Waals surface area contributed by atoms with Crippen LogP contribution in [0.4, 0.5) is 0 Å². The maximum absolute atomic E-state index is 5.43. The molecule has 128 valence electrons. The van der Waals surface area contributed by atoms with E-state index >= 15 is 0 Å². The molecule has 0 saturated carbocycles. The highest BCUT2D eigenvalue weighted by Crippen LogP contribution is 2.41. The molecule has 4 nitrogen and oxygen atoms in total. The second-order valence-corrected chi connectivity index (χ2v) is 6.24. The van der Waals surface area contributed by atoms with Crippen LogP contribution in [0.3, 0.4) is 0 Å². The zero-order valence-corrected chi connectivity index (χ0v) is 15.8. The van der Waals surface area contributed by atoms with Crippen LogP contribution in [0.2, 0.25) is 0 Å². The first-order valence-corrected chi connectivity index (χ1v) is 8.49. The number of hydrogen-bond donors (Lipinski definition) is 0. The molecule has 0 fully saturated rings. The quantitative estimate of drug-likeness (QED) is 0.590. The maximum atomic E-state index is 5.43. The first-order chi connectivity index (χ1) is 12.2. The molecule has 0 N–H and O–H groups in total. The lowest BCUT2D eigenvalue weighted by Crippen LogP contribution is -1.96. The standard InChI is InChI=1S/C20H18BrNO3/c1-23-18-11-14(12-19(24-2)20(18)25-3)17-6-4-5-16(22-17)13-7-9-15(21)10-8-13/h4-12H,1-3H3. The molecule has 5 heteroatoms. The fourth-order valence-corrected chi connectivity index (χ4v) is 2.87. The third kappa shape index (κ3) is 3.61. The molecule has 3 rings (SSSR count). The molecule has 0 amide bonds. The van der Waals surface area contributed by atoms with Crippen molar-refractivity contribution in [1.29, 1.82) is 0 Å². The van der Waals surface area contributed by atoms with Crippen molar-refractivity contribution in [2.45, 2.75) is 0 Å². The predicted molar refractivity (Wildman–Crippen MR) is 102 cm³/mol. The second-order valence-electron chi connectivity index (χ2n) is 5.33. The Labute approximate surface area is 155 Å². The Morgan fingerprint density at radius 3 is 1.80 bits per heavy atom. The van der Waals surface area contributed by atoms with Gasteiger partial charge in [-0.3, -0.25) is 0 Å². The Morgan fingerprint density at radius 2 is 1.28 bits per heavy atom. The van der Waals surface area contributed by atoms with Crippen molar-refractivity contribution in [2.75, 3.05) is 21.3 Å².